The molecule has 122 valence electrons. The maximum atomic E-state index is 12.4. The Morgan fingerprint density at radius 3 is 2.39 bits per heavy atom. The zero-order valence-electron chi connectivity index (χ0n) is 11.9. The number of Topliss-reactive ketones (excluding diaryl/α,β-unsaturated/α-hetero) is 3. The minimum atomic E-state index is -2.44. The quantitative estimate of drug-likeness (QED) is 0.258. The second kappa shape index (κ2) is 6.88. The van der Waals surface area contributed by atoms with Crippen molar-refractivity contribution in [2.24, 2.45) is 5.92 Å². The van der Waals surface area contributed by atoms with Crippen LogP contribution in [0.5, 0.6) is 0 Å². The summed E-state index contributed by atoms with van der Waals surface area (Å²) in [5.74, 6) is -3.91. The molecule has 23 heavy (non-hydrogen) atoms. The molecule has 8 nitrogen and oxygen atoms in total. The number of benzene rings is 1. The normalized spacial score (nSPS) is 17.1. The molecular formula is C14H12NO7S-. The van der Waals surface area contributed by atoms with Crippen molar-refractivity contribution >= 4 is 34.1 Å². The van der Waals surface area contributed by atoms with E-state index in [0.29, 0.717) is 6.42 Å². The fourth-order valence-electron chi connectivity index (χ4n) is 2.52. The molecule has 1 aromatic rings. The number of rotatable bonds is 5. The number of nitro groups is 1. The zero-order valence-corrected chi connectivity index (χ0v) is 12.7. The standard InChI is InChI=1S/C14H13NO7S/c16-11-2-1-3-12(17)13(11)14(18)9-5-4-8(7-23(21)22)6-10(9)15(19)20/h4-6,13H,1-3,7H2,(H,21,22)/p-1. The Kier molecular flexibility index (Phi) is 5.12. The number of carbonyl (C=O) groups is 3. The molecule has 0 radical (unpaired) electrons. The maximum absolute atomic E-state index is 12.4. The molecule has 0 aromatic heterocycles. The summed E-state index contributed by atoms with van der Waals surface area (Å²) in [6, 6.07) is 3.33. The van der Waals surface area contributed by atoms with Gasteiger partial charge < -0.3 is 4.55 Å². The van der Waals surface area contributed by atoms with Crippen molar-refractivity contribution in [3.8, 4) is 0 Å². The van der Waals surface area contributed by atoms with Crippen LogP contribution in [0.3, 0.4) is 0 Å². The number of carbonyl (C=O) groups excluding carboxylic acids is 3. The summed E-state index contributed by atoms with van der Waals surface area (Å²) in [5, 5.41) is 11.1. The van der Waals surface area contributed by atoms with Crippen molar-refractivity contribution in [1.82, 2.24) is 0 Å². The second-order valence-corrected chi connectivity index (χ2v) is 6.04. The fraction of sp³-hybridized carbons (Fsp3) is 0.357. The van der Waals surface area contributed by atoms with E-state index in [1.165, 1.54) is 6.07 Å². The Morgan fingerprint density at radius 2 is 1.87 bits per heavy atom. The van der Waals surface area contributed by atoms with Gasteiger partial charge in [-0.1, -0.05) is 17.1 Å². The molecule has 0 heterocycles. The molecular weight excluding hydrogens is 326 g/mol. The van der Waals surface area contributed by atoms with Gasteiger partial charge >= 0.3 is 0 Å². The van der Waals surface area contributed by atoms with E-state index >= 15 is 0 Å². The Bertz CT molecular complexity index is 712. The molecule has 1 aliphatic rings. The Labute approximate surface area is 133 Å². The van der Waals surface area contributed by atoms with Crippen LogP contribution in [-0.4, -0.2) is 31.0 Å². The van der Waals surface area contributed by atoms with Crippen LogP contribution in [0, 0.1) is 16.0 Å². The molecule has 0 N–H and O–H groups in total. The average molecular weight is 338 g/mol. The van der Waals surface area contributed by atoms with Gasteiger partial charge in [0.05, 0.1) is 10.5 Å². The zero-order chi connectivity index (χ0) is 17.1. The summed E-state index contributed by atoms with van der Waals surface area (Å²) in [5.41, 5.74) is -0.823. The van der Waals surface area contributed by atoms with Crippen molar-refractivity contribution in [3.63, 3.8) is 0 Å². The lowest BCUT2D eigenvalue weighted by molar-refractivity contribution is -0.385. The predicted molar refractivity (Wildman–Crippen MR) is 77.4 cm³/mol. The van der Waals surface area contributed by atoms with Gasteiger partial charge in [0.25, 0.3) is 5.69 Å². The summed E-state index contributed by atoms with van der Waals surface area (Å²) < 4.78 is 21.4. The summed E-state index contributed by atoms with van der Waals surface area (Å²) in [4.78, 5) is 46.4. The van der Waals surface area contributed by atoms with Gasteiger partial charge in [-0.05, 0) is 18.1 Å². The van der Waals surface area contributed by atoms with E-state index in [-0.39, 0.29) is 24.0 Å². The first kappa shape index (κ1) is 17.1. The second-order valence-electron chi connectivity index (χ2n) is 5.14. The van der Waals surface area contributed by atoms with Crippen LogP contribution in [0.15, 0.2) is 18.2 Å². The van der Waals surface area contributed by atoms with E-state index in [0.717, 1.165) is 12.1 Å². The average Bonchev–Trinajstić information content (AvgIpc) is 2.46. The SMILES string of the molecule is O=C1CCCC(=O)C1C(=O)c1ccc(CS(=O)[O-])cc1[N+](=O)[O-]. The third kappa shape index (κ3) is 3.74. The van der Waals surface area contributed by atoms with Crippen molar-refractivity contribution in [2.75, 3.05) is 0 Å². The minimum Gasteiger partial charge on any atom is -0.772 e. The lowest BCUT2D eigenvalue weighted by Crippen LogP contribution is -2.35. The molecule has 1 aromatic carbocycles. The van der Waals surface area contributed by atoms with Gasteiger partial charge in [-0.3, -0.25) is 28.7 Å². The largest absolute Gasteiger partial charge is 0.772 e. The number of hydrogen-bond acceptors (Lipinski definition) is 7. The summed E-state index contributed by atoms with van der Waals surface area (Å²) in [6.07, 6.45) is 0.546. The molecule has 1 atom stereocenters. The lowest BCUT2D eigenvalue weighted by atomic mass is 9.81. The van der Waals surface area contributed by atoms with Gasteiger partial charge in [0.1, 0.15) is 5.92 Å². The number of nitrogens with zero attached hydrogens (tertiary/aromatic N) is 1. The van der Waals surface area contributed by atoms with Crippen molar-refractivity contribution < 1.29 is 28.1 Å². The van der Waals surface area contributed by atoms with Gasteiger partial charge in [-0.25, -0.2) is 0 Å². The molecule has 0 saturated heterocycles. The molecule has 1 unspecified atom stereocenters. The summed E-state index contributed by atoms with van der Waals surface area (Å²) >= 11 is -2.44. The summed E-state index contributed by atoms with van der Waals surface area (Å²) in [7, 11) is 0. The van der Waals surface area contributed by atoms with Crippen LogP contribution >= 0.6 is 0 Å². The van der Waals surface area contributed by atoms with E-state index < -0.39 is 50.7 Å². The highest BCUT2D eigenvalue weighted by molar-refractivity contribution is 7.78. The minimum absolute atomic E-state index is 0.0865. The molecule has 0 amide bonds. The van der Waals surface area contributed by atoms with Crippen LogP contribution < -0.4 is 0 Å². The lowest BCUT2D eigenvalue weighted by Gasteiger charge is -2.18. The monoisotopic (exact) mass is 338 g/mol. The molecule has 0 spiro atoms. The van der Waals surface area contributed by atoms with Crippen LogP contribution in [0.2, 0.25) is 0 Å². The van der Waals surface area contributed by atoms with Crippen molar-refractivity contribution in [3.05, 3.63) is 39.4 Å². The van der Waals surface area contributed by atoms with Gasteiger partial charge in [-0.2, -0.15) is 0 Å². The first-order valence-corrected chi connectivity index (χ1v) is 7.98. The highest BCUT2D eigenvalue weighted by Crippen LogP contribution is 2.27. The highest BCUT2D eigenvalue weighted by Gasteiger charge is 2.38. The smallest absolute Gasteiger partial charge is 0.280 e. The fourth-order valence-corrected chi connectivity index (χ4v) is 2.97. The first-order valence-electron chi connectivity index (χ1n) is 6.74. The van der Waals surface area contributed by atoms with Crippen LogP contribution in [0.25, 0.3) is 0 Å². The molecule has 2 rings (SSSR count). The maximum Gasteiger partial charge on any atom is 0.280 e. The molecule has 1 aliphatic carbocycles. The van der Waals surface area contributed by atoms with Crippen LogP contribution in [0.4, 0.5) is 5.69 Å². The topological polar surface area (TPSA) is 134 Å². The Morgan fingerprint density at radius 1 is 1.26 bits per heavy atom. The number of ketones is 3. The van der Waals surface area contributed by atoms with Crippen molar-refractivity contribution in [1.29, 1.82) is 0 Å². The van der Waals surface area contributed by atoms with Crippen LogP contribution in [0.1, 0.15) is 35.2 Å². The third-order valence-corrected chi connectivity index (χ3v) is 4.13. The molecule has 1 fully saturated rings. The van der Waals surface area contributed by atoms with Gasteiger partial charge in [0.15, 0.2) is 17.3 Å². The van der Waals surface area contributed by atoms with E-state index in [2.05, 4.69) is 0 Å². The predicted octanol–water partition coefficient (Wildman–Crippen LogP) is 1.09. The number of hydrogen-bond donors (Lipinski definition) is 0. The summed E-state index contributed by atoms with van der Waals surface area (Å²) in [6.45, 7) is 0. The van der Waals surface area contributed by atoms with Gasteiger partial charge in [0.2, 0.25) is 0 Å². The first-order chi connectivity index (χ1) is 10.8. The van der Waals surface area contributed by atoms with E-state index in [4.69, 9.17) is 0 Å². The van der Waals surface area contributed by atoms with Gasteiger partial charge in [-0.15, -0.1) is 0 Å². The van der Waals surface area contributed by atoms with E-state index in [1.807, 2.05) is 0 Å². The molecule has 0 aliphatic heterocycles. The molecule has 0 bridgehead atoms. The van der Waals surface area contributed by atoms with Crippen LogP contribution in [-0.2, 0) is 26.4 Å². The highest BCUT2D eigenvalue weighted by atomic mass is 32.2. The molecule has 1 saturated carbocycles. The third-order valence-electron chi connectivity index (χ3n) is 3.56. The van der Waals surface area contributed by atoms with E-state index in [9.17, 15) is 33.3 Å². The van der Waals surface area contributed by atoms with Gasteiger partial charge in [0, 0.05) is 24.7 Å². The van der Waals surface area contributed by atoms with E-state index in [1.54, 1.807) is 0 Å². The number of nitro benzene ring substituents is 1. The van der Waals surface area contributed by atoms with Crippen molar-refractivity contribution in [2.45, 2.75) is 25.0 Å². The Balaban J connectivity index is 2.43. The molecule has 9 heteroatoms. The Hall–Kier alpha value is -2.26.